The zero-order valence-electron chi connectivity index (χ0n) is 43.4. The Hall–Kier alpha value is -4.15. The second kappa shape index (κ2) is 23.1. The topological polar surface area (TPSA) is 243 Å². The van der Waals surface area contributed by atoms with Crippen molar-refractivity contribution in [3.63, 3.8) is 0 Å². The van der Waals surface area contributed by atoms with Crippen LogP contribution in [0.4, 0.5) is 20.2 Å². The molecule has 2 aliphatic carbocycles. The molecule has 6 atom stereocenters. The number of amides is 3. The van der Waals surface area contributed by atoms with Gasteiger partial charge in [-0.3, -0.25) is 29.8 Å². The third kappa shape index (κ3) is 10.4. The molecule has 80 heavy (non-hydrogen) atoms. The lowest BCUT2D eigenvalue weighted by molar-refractivity contribution is -0.139. The number of halogens is 7. The van der Waals surface area contributed by atoms with Gasteiger partial charge in [0.1, 0.15) is 48.2 Å². The number of anilines is 2. The number of carboxylic acid groups (broad SMARTS) is 1. The molecule has 24 heteroatoms. The summed E-state index contributed by atoms with van der Waals surface area (Å²) in [6, 6.07) is 17.3. The first-order valence-corrected chi connectivity index (χ1v) is 32.0. The van der Waals surface area contributed by atoms with Crippen molar-refractivity contribution < 1.29 is 49.9 Å². The van der Waals surface area contributed by atoms with Crippen LogP contribution < -0.4 is 32.3 Å². The smallest absolute Gasteiger partial charge is 0.321 e. The van der Waals surface area contributed by atoms with Gasteiger partial charge in [0, 0.05) is 56.4 Å². The number of fused-ring (bicyclic) bond motifs is 6. The summed E-state index contributed by atoms with van der Waals surface area (Å²) >= 11 is 24.8. The third-order valence-electron chi connectivity index (χ3n) is 18.1. The molecule has 4 aromatic rings. The zero-order chi connectivity index (χ0) is 56.5. The highest BCUT2D eigenvalue weighted by atomic mass is 35.5. The number of sulfone groups is 2. The highest BCUT2D eigenvalue weighted by molar-refractivity contribution is 7.91. The molecule has 4 saturated heterocycles. The number of hydrogen-bond donors (Lipinski definition) is 7. The van der Waals surface area contributed by atoms with Gasteiger partial charge in [-0.1, -0.05) is 121 Å². The molecule has 12 rings (SSSR count). The molecule has 432 valence electrons. The van der Waals surface area contributed by atoms with Crippen molar-refractivity contribution in [2.45, 2.75) is 148 Å². The maximum Gasteiger partial charge on any atom is 0.321 e. The molecule has 0 aromatic heterocycles. The van der Waals surface area contributed by atoms with Crippen molar-refractivity contribution in [1.29, 1.82) is 0 Å². The monoisotopic (exact) mass is 1240 g/mol. The van der Waals surface area contributed by atoms with Crippen LogP contribution in [0.2, 0.25) is 20.1 Å². The van der Waals surface area contributed by atoms with Crippen molar-refractivity contribution >= 4 is 114 Å². The van der Waals surface area contributed by atoms with E-state index in [1.165, 1.54) is 18.2 Å². The molecule has 0 radical (unpaired) electrons. The normalized spacial score (nSPS) is 28.6. The van der Waals surface area contributed by atoms with Gasteiger partial charge in [-0.05, 0) is 110 Å². The van der Waals surface area contributed by atoms with E-state index in [1.54, 1.807) is 48.5 Å². The summed E-state index contributed by atoms with van der Waals surface area (Å²) < 4.78 is 76.6. The Kier molecular flexibility index (Phi) is 17.5. The van der Waals surface area contributed by atoms with E-state index < -0.39 is 83.1 Å². The van der Waals surface area contributed by atoms with E-state index in [9.17, 15) is 41.1 Å². The van der Waals surface area contributed by atoms with E-state index in [4.69, 9.17) is 52.1 Å². The Bertz CT molecular complexity index is 3320. The third-order valence-corrected chi connectivity index (χ3v) is 22.6. The first-order valence-electron chi connectivity index (χ1n) is 26.9. The van der Waals surface area contributed by atoms with Gasteiger partial charge >= 0.3 is 5.97 Å². The minimum absolute atomic E-state index is 0. The Labute approximate surface area is 490 Å². The summed E-state index contributed by atoms with van der Waals surface area (Å²) in [5, 5.41) is 26.8. The average molecular weight is 1240 g/mol. The van der Waals surface area contributed by atoms with Gasteiger partial charge in [0.05, 0.1) is 39.1 Å². The molecule has 6 aliphatic heterocycles. The lowest BCUT2D eigenvalue weighted by Gasteiger charge is -2.47. The molecule has 0 bridgehead atoms. The van der Waals surface area contributed by atoms with Crippen LogP contribution in [0.3, 0.4) is 0 Å². The van der Waals surface area contributed by atoms with Gasteiger partial charge in [0.25, 0.3) is 0 Å². The molecule has 6 heterocycles. The fourth-order valence-corrected chi connectivity index (χ4v) is 18.4. The van der Waals surface area contributed by atoms with E-state index >= 15 is 8.78 Å². The summed E-state index contributed by atoms with van der Waals surface area (Å²) in [7, 11) is -5.81. The minimum atomic E-state index is -3.11. The quantitative estimate of drug-likeness (QED) is 0.0989. The molecule has 8 N–H and O–H groups in total. The van der Waals surface area contributed by atoms with Gasteiger partial charge in [-0.25, -0.2) is 25.6 Å². The number of rotatable bonds is 5. The molecule has 4 spiro atoms. The summed E-state index contributed by atoms with van der Waals surface area (Å²) in [6.45, 7) is 0. The number of hydrogen-bond acceptors (Lipinski definition) is 11. The number of nitrogens with one attached hydrogen (secondary N) is 5. The first-order chi connectivity index (χ1) is 37.5. The summed E-state index contributed by atoms with van der Waals surface area (Å²) in [5.74, 6) is -4.78. The van der Waals surface area contributed by atoms with E-state index in [0.717, 1.165) is 38.5 Å². The number of carboxylic acids is 1. The van der Waals surface area contributed by atoms with Crippen LogP contribution in [0.15, 0.2) is 72.8 Å². The maximum absolute atomic E-state index is 15.9. The lowest BCUT2D eigenvalue weighted by Crippen LogP contribution is -2.60. The van der Waals surface area contributed by atoms with Gasteiger partial charge in [-0.15, -0.1) is 12.4 Å². The fourth-order valence-electron chi connectivity index (χ4n) is 14.7. The van der Waals surface area contributed by atoms with Crippen molar-refractivity contribution in [3.05, 3.63) is 127 Å². The van der Waals surface area contributed by atoms with Crippen LogP contribution in [0.5, 0.6) is 0 Å². The predicted molar refractivity (Wildman–Crippen MR) is 308 cm³/mol. The van der Waals surface area contributed by atoms with Crippen molar-refractivity contribution in [2.24, 2.45) is 5.73 Å². The van der Waals surface area contributed by atoms with Crippen LogP contribution in [0.1, 0.15) is 124 Å². The highest BCUT2D eigenvalue weighted by Crippen LogP contribution is 2.64. The van der Waals surface area contributed by atoms with Crippen molar-refractivity contribution in [1.82, 2.24) is 16.0 Å². The van der Waals surface area contributed by atoms with Crippen LogP contribution in [0.25, 0.3) is 0 Å². The second-order valence-electron chi connectivity index (χ2n) is 22.4. The molecule has 0 unspecified atom stereocenters. The van der Waals surface area contributed by atoms with E-state index in [1.807, 2.05) is 6.07 Å². The molecular weight excluding hydrogens is 1180 g/mol. The number of carbonyl (C=O) groups excluding carboxylic acids is 3. The van der Waals surface area contributed by atoms with E-state index in [0.29, 0.717) is 83.9 Å². The van der Waals surface area contributed by atoms with Gasteiger partial charge < -0.3 is 26.8 Å². The minimum Gasteiger partial charge on any atom is -0.480 e. The lowest BCUT2D eigenvalue weighted by atomic mass is 9.55. The number of aliphatic carboxylic acids is 1. The Morgan fingerprint density at radius 2 is 1.00 bits per heavy atom. The Balaban J connectivity index is 0.000000168. The zero-order valence-corrected chi connectivity index (χ0v) is 48.9. The van der Waals surface area contributed by atoms with E-state index in [-0.39, 0.29) is 86.4 Å². The van der Waals surface area contributed by atoms with Crippen LogP contribution in [0, 0.1) is 11.6 Å². The van der Waals surface area contributed by atoms with Gasteiger partial charge in [0.15, 0.2) is 0 Å². The fraction of sp³-hybridized carbons (Fsp3) is 0.500. The number of nitrogens with two attached hydrogens (primary N) is 1. The second-order valence-corrected chi connectivity index (χ2v) is 28.7. The number of carbonyl (C=O) groups is 4. The van der Waals surface area contributed by atoms with Crippen LogP contribution in [-0.2, 0) is 49.7 Å². The number of benzene rings is 4. The summed E-state index contributed by atoms with van der Waals surface area (Å²) in [4.78, 5) is 54.7. The van der Waals surface area contributed by atoms with Crippen LogP contribution in [-0.4, -0.2) is 104 Å². The van der Waals surface area contributed by atoms with Crippen LogP contribution >= 0.6 is 58.8 Å². The summed E-state index contributed by atoms with van der Waals surface area (Å²) in [6.07, 6.45) is 9.81. The molecule has 4 aromatic carbocycles. The first kappa shape index (κ1) is 60.4. The predicted octanol–water partition coefficient (Wildman–Crippen LogP) is 9.28. The molecule has 2 saturated carbocycles. The molecule has 8 aliphatic rings. The summed E-state index contributed by atoms with van der Waals surface area (Å²) in [5.41, 5.74) is 4.04. The van der Waals surface area contributed by atoms with Gasteiger partial charge in [0.2, 0.25) is 17.7 Å². The SMILES string of the molecule is Cl.NC1CCS(=O)(=O)CC1.O=C(NC1CCS(=O)(=O)CC1)[C@@H]1NC2(CCCCC2)[C@@]2(C(=O)Nc3cc(Cl)ccc32)[C@H]1c1cccc(Cl)c1F.O=C(O)[C@@H]1NC2(CCCCC2)[C@@]2(C(=O)Nc3cc(Cl)ccc32)[C@H]1c1cccc(Cl)c1F. The van der Waals surface area contributed by atoms with Gasteiger partial charge in [-0.2, -0.15) is 0 Å². The average Bonchev–Trinajstić information content (AvgIpc) is 4.07. The largest absolute Gasteiger partial charge is 0.480 e. The van der Waals surface area contributed by atoms with E-state index in [2.05, 4.69) is 26.6 Å². The highest BCUT2D eigenvalue weighted by Gasteiger charge is 2.74. The van der Waals surface area contributed by atoms with Crippen molar-refractivity contribution in [3.8, 4) is 0 Å². The Morgan fingerprint density at radius 1 is 0.600 bits per heavy atom. The Morgan fingerprint density at radius 3 is 1.41 bits per heavy atom. The molecule has 6 fully saturated rings. The van der Waals surface area contributed by atoms with Crippen molar-refractivity contribution in [2.75, 3.05) is 33.6 Å². The maximum atomic E-state index is 15.9. The standard InChI is InChI=1S/C28H30Cl2FN3O4S.C23H21Cl2FN2O3.C5H11NO2S.ClH/c29-16-7-8-19-21(15-16)33-26(36)28(19)22(18-5-4-6-20(30)23(18)31)24(34-27(28)11-2-1-3-12-27)25(35)32-17-9-13-39(37,38)14-10-17;24-12-7-8-14-16(11-12)27-21(31)23(14)17(13-5-4-6-15(25)18(13)26)19(20(29)30)28-22(23)9-2-1-3-10-22;6-5-1-3-9(7,8)4-2-5;/h4-8,15,17,22,24,34H,1-3,9-14H2,(H,32,35)(H,33,36);4-8,11,17,19,28H,1-3,9-10H2,(H,27,31)(H,29,30);5H,1-4,6H2;1H/t22-,24+,28+;17-,19+,23+;;/m00../s1. The molecular formula is C56H63Cl5F2N6O9S2. The molecule has 3 amide bonds. The molecule has 15 nitrogen and oxygen atoms in total.